The van der Waals surface area contributed by atoms with E-state index in [0.29, 0.717) is 12.1 Å². The molecule has 1 saturated carbocycles. The van der Waals surface area contributed by atoms with Gasteiger partial charge >= 0.3 is 0 Å². The van der Waals surface area contributed by atoms with Gasteiger partial charge in [0.1, 0.15) is 6.33 Å². The van der Waals surface area contributed by atoms with Crippen LogP contribution in [0.2, 0.25) is 0 Å². The summed E-state index contributed by atoms with van der Waals surface area (Å²) < 4.78 is 2.32. The molecule has 0 radical (unpaired) electrons. The minimum Gasteiger partial charge on any atom is -0.313 e. The maximum absolute atomic E-state index is 4.32. The third-order valence-corrected chi connectivity index (χ3v) is 4.61. The molecule has 1 N–H and O–H groups in total. The Kier molecular flexibility index (Phi) is 3.15. The molecule has 16 heavy (non-hydrogen) atoms. The Morgan fingerprint density at radius 1 is 1.38 bits per heavy atom. The molecule has 0 spiro atoms. The van der Waals surface area contributed by atoms with Gasteiger partial charge in [-0.15, -0.1) is 10.2 Å². The van der Waals surface area contributed by atoms with Crippen LogP contribution in [0.1, 0.15) is 43.6 Å². The molecule has 3 rings (SSSR count). The second kappa shape index (κ2) is 4.75. The maximum Gasteiger partial charge on any atom is 0.151 e. The van der Waals surface area contributed by atoms with Crippen LogP contribution in [0.4, 0.5) is 0 Å². The zero-order valence-electron chi connectivity index (χ0n) is 9.43. The molecular formula is C11H18N4S. The quantitative estimate of drug-likeness (QED) is 0.852. The lowest BCUT2D eigenvalue weighted by molar-refractivity contribution is 0.456. The van der Waals surface area contributed by atoms with Crippen LogP contribution < -0.4 is 5.32 Å². The second-order valence-corrected chi connectivity index (χ2v) is 5.77. The summed E-state index contributed by atoms with van der Waals surface area (Å²) in [6.45, 7) is 1.09. The van der Waals surface area contributed by atoms with Crippen LogP contribution in [0.15, 0.2) is 6.33 Å². The van der Waals surface area contributed by atoms with Crippen molar-refractivity contribution >= 4 is 11.8 Å². The predicted octanol–water partition coefficient (Wildman–Crippen LogP) is 1.77. The Bertz CT molecular complexity index is 340. The van der Waals surface area contributed by atoms with Crippen molar-refractivity contribution in [1.82, 2.24) is 20.1 Å². The van der Waals surface area contributed by atoms with E-state index in [2.05, 4.69) is 20.1 Å². The summed E-state index contributed by atoms with van der Waals surface area (Å²) in [6.07, 6.45) is 7.23. The molecule has 1 saturated heterocycles. The van der Waals surface area contributed by atoms with Gasteiger partial charge in [-0.2, -0.15) is 11.8 Å². The van der Waals surface area contributed by atoms with Gasteiger partial charge in [-0.1, -0.05) is 12.8 Å². The van der Waals surface area contributed by atoms with Crippen molar-refractivity contribution in [1.29, 1.82) is 0 Å². The third-order valence-electron chi connectivity index (χ3n) is 3.55. The highest BCUT2D eigenvalue weighted by Gasteiger charge is 2.25. The molecule has 1 unspecified atom stereocenters. The number of hydrogen-bond donors (Lipinski definition) is 1. The Morgan fingerprint density at radius 2 is 2.25 bits per heavy atom. The van der Waals surface area contributed by atoms with Gasteiger partial charge in [0, 0.05) is 24.1 Å². The van der Waals surface area contributed by atoms with E-state index in [1.165, 1.54) is 31.4 Å². The van der Waals surface area contributed by atoms with Gasteiger partial charge in [-0.25, -0.2) is 0 Å². The first-order valence-electron chi connectivity index (χ1n) is 6.15. The van der Waals surface area contributed by atoms with Crippen LogP contribution >= 0.6 is 11.8 Å². The molecule has 0 amide bonds. The Hall–Kier alpha value is -0.550. The van der Waals surface area contributed by atoms with Gasteiger partial charge in [0.15, 0.2) is 5.82 Å². The molecule has 1 atom stereocenters. The number of rotatable bonds is 2. The molecule has 2 heterocycles. The summed E-state index contributed by atoms with van der Waals surface area (Å²) in [5, 5.41) is 12.0. The van der Waals surface area contributed by atoms with Gasteiger partial charge in [0.25, 0.3) is 0 Å². The normalized spacial score (nSPS) is 27.4. The monoisotopic (exact) mass is 238 g/mol. The van der Waals surface area contributed by atoms with Crippen molar-refractivity contribution < 1.29 is 0 Å². The van der Waals surface area contributed by atoms with Crippen LogP contribution in [0, 0.1) is 0 Å². The SMILES string of the molecule is c1nnc(C2CSCCN2)n1C1CCCC1. The molecule has 0 bridgehead atoms. The van der Waals surface area contributed by atoms with E-state index in [0.717, 1.165) is 18.1 Å². The molecule has 88 valence electrons. The summed E-state index contributed by atoms with van der Waals surface area (Å²) in [5.41, 5.74) is 0. The Morgan fingerprint density at radius 3 is 3.00 bits per heavy atom. The maximum atomic E-state index is 4.32. The van der Waals surface area contributed by atoms with Crippen LogP contribution in [0.25, 0.3) is 0 Å². The molecule has 2 fully saturated rings. The number of thioether (sulfide) groups is 1. The summed E-state index contributed by atoms with van der Waals surface area (Å²) in [7, 11) is 0. The highest BCUT2D eigenvalue weighted by atomic mass is 32.2. The van der Waals surface area contributed by atoms with Crippen molar-refractivity contribution in [2.75, 3.05) is 18.1 Å². The summed E-state index contributed by atoms with van der Waals surface area (Å²) in [6, 6.07) is 1.06. The van der Waals surface area contributed by atoms with Crippen LogP contribution in [-0.4, -0.2) is 32.8 Å². The zero-order chi connectivity index (χ0) is 10.8. The number of aromatic nitrogens is 3. The fourth-order valence-corrected chi connectivity index (χ4v) is 3.63. The molecule has 4 nitrogen and oxygen atoms in total. The smallest absolute Gasteiger partial charge is 0.151 e. The topological polar surface area (TPSA) is 42.7 Å². The van der Waals surface area contributed by atoms with Crippen LogP contribution in [0.3, 0.4) is 0 Å². The lowest BCUT2D eigenvalue weighted by Crippen LogP contribution is -2.32. The fourth-order valence-electron chi connectivity index (χ4n) is 2.70. The fraction of sp³-hybridized carbons (Fsp3) is 0.818. The standard InChI is InChI=1S/C11H18N4S/c1-2-4-9(3-1)15-8-13-14-11(15)10-7-16-6-5-12-10/h8-10,12H,1-7H2. The minimum absolute atomic E-state index is 0.404. The molecule has 1 aromatic rings. The van der Waals surface area contributed by atoms with Gasteiger partial charge in [-0.3, -0.25) is 0 Å². The van der Waals surface area contributed by atoms with Crippen molar-refractivity contribution in [3.8, 4) is 0 Å². The first-order chi connectivity index (χ1) is 7.95. The Labute approximate surface area is 100 Å². The van der Waals surface area contributed by atoms with Gasteiger partial charge in [-0.05, 0) is 12.8 Å². The largest absolute Gasteiger partial charge is 0.313 e. The average Bonchev–Trinajstić information content (AvgIpc) is 3.01. The number of hydrogen-bond acceptors (Lipinski definition) is 4. The van der Waals surface area contributed by atoms with Gasteiger partial charge < -0.3 is 9.88 Å². The van der Waals surface area contributed by atoms with Gasteiger partial charge in [0.2, 0.25) is 0 Å². The lowest BCUT2D eigenvalue weighted by Gasteiger charge is -2.24. The Balaban J connectivity index is 1.80. The highest BCUT2D eigenvalue weighted by Crippen LogP contribution is 2.32. The van der Waals surface area contributed by atoms with Crippen molar-refractivity contribution in [3.05, 3.63) is 12.2 Å². The molecule has 1 aliphatic heterocycles. The van der Waals surface area contributed by atoms with E-state index in [-0.39, 0.29) is 0 Å². The number of nitrogens with one attached hydrogen (secondary N) is 1. The van der Waals surface area contributed by atoms with E-state index >= 15 is 0 Å². The van der Waals surface area contributed by atoms with E-state index in [4.69, 9.17) is 0 Å². The first kappa shape index (κ1) is 10.6. The minimum atomic E-state index is 0.404. The molecule has 1 aliphatic carbocycles. The number of nitrogens with zero attached hydrogens (tertiary/aromatic N) is 3. The predicted molar refractivity (Wildman–Crippen MR) is 65.6 cm³/mol. The van der Waals surface area contributed by atoms with Gasteiger partial charge in [0.05, 0.1) is 6.04 Å². The first-order valence-corrected chi connectivity index (χ1v) is 7.31. The van der Waals surface area contributed by atoms with Crippen molar-refractivity contribution in [2.24, 2.45) is 0 Å². The molecule has 0 aromatic carbocycles. The molecular weight excluding hydrogens is 220 g/mol. The molecule has 5 heteroatoms. The molecule has 2 aliphatic rings. The summed E-state index contributed by atoms with van der Waals surface area (Å²) in [4.78, 5) is 0. The second-order valence-electron chi connectivity index (χ2n) is 4.62. The average molecular weight is 238 g/mol. The van der Waals surface area contributed by atoms with Crippen molar-refractivity contribution in [2.45, 2.75) is 37.8 Å². The van der Waals surface area contributed by atoms with Crippen molar-refractivity contribution in [3.63, 3.8) is 0 Å². The van der Waals surface area contributed by atoms with E-state index in [1.54, 1.807) is 0 Å². The third kappa shape index (κ3) is 1.98. The highest BCUT2D eigenvalue weighted by molar-refractivity contribution is 7.99. The van der Waals surface area contributed by atoms with Crippen LogP contribution in [0.5, 0.6) is 0 Å². The summed E-state index contributed by atoms with van der Waals surface area (Å²) >= 11 is 2.01. The molecule has 1 aromatic heterocycles. The zero-order valence-corrected chi connectivity index (χ0v) is 10.2. The van der Waals surface area contributed by atoms with E-state index < -0.39 is 0 Å². The lowest BCUT2D eigenvalue weighted by atomic mass is 10.2. The van der Waals surface area contributed by atoms with Crippen LogP contribution in [-0.2, 0) is 0 Å². The van der Waals surface area contributed by atoms with E-state index in [9.17, 15) is 0 Å². The van der Waals surface area contributed by atoms with E-state index in [1.807, 2.05) is 18.1 Å². The summed E-state index contributed by atoms with van der Waals surface area (Å²) in [5.74, 6) is 3.50.